The van der Waals surface area contributed by atoms with Gasteiger partial charge in [0.1, 0.15) is 0 Å². The van der Waals surface area contributed by atoms with Gasteiger partial charge in [-0.2, -0.15) is 11.8 Å². The van der Waals surface area contributed by atoms with Gasteiger partial charge in [0, 0.05) is 10.6 Å². The van der Waals surface area contributed by atoms with E-state index in [1.165, 1.54) is 27.5 Å². The Morgan fingerprint density at radius 3 is 3.26 bits per heavy atom. The second-order valence-electron chi connectivity index (χ2n) is 4.66. The van der Waals surface area contributed by atoms with Gasteiger partial charge in [0.05, 0.1) is 17.6 Å². The van der Waals surface area contributed by atoms with E-state index < -0.39 is 0 Å². The molecule has 0 aliphatic carbocycles. The molecule has 102 valence electrons. The standard InChI is InChI=1S/C14H18N2OS2/c1-2-4-15-8-14-16-7-11(17-14)13-6-10-9-18-5-3-12(10)19-13/h6-7,15H,2-5,8-9H2,1H3. The van der Waals surface area contributed by atoms with E-state index in [-0.39, 0.29) is 0 Å². The van der Waals surface area contributed by atoms with E-state index in [0.717, 1.165) is 36.9 Å². The van der Waals surface area contributed by atoms with Gasteiger partial charge in [-0.05, 0) is 36.8 Å². The molecule has 3 rings (SSSR count). The van der Waals surface area contributed by atoms with Crippen molar-refractivity contribution in [3.05, 3.63) is 28.6 Å². The number of thiophene rings is 1. The molecule has 0 aromatic carbocycles. The number of rotatable bonds is 5. The lowest BCUT2D eigenvalue weighted by Crippen LogP contribution is -2.13. The van der Waals surface area contributed by atoms with Crippen LogP contribution in [0.15, 0.2) is 16.7 Å². The summed E-state index contributed by atoms with van der Waals surface area (Å²) in [5.41, 5.74) is 1.48. The van der Waals surface area contributed by atoms with Crippen LogP contribution in [0.25, 0.3) is 10.6 Å². The lowest BCUT2D eigenvalue weighted by atomic mass is 10.2. The Kier molecular flexibility index (Phi) is 4.25. The SMILES string of the molecule is CCCNCc1ncc(-c2cc3c(s2)CCSC3)o1. The van der Waals surface area contributed by atoms with Gasteiger partial charge in [0.2, 0.25) is 5.89 Å². The van der Waals surface area contributed by atoms with Gasteiger partial charge < -0.3 is 9.73 Å². The molecule has 2 aromatic heterocycles. The first kappa shape index (κ1) is 13.2. The minimum absolute atomic E-state index is 0.717. The summed E-state index contributed by atoms with van der Waals surface area (Å²) in [6.07, 6.45) is 4.18. The van der Waals surface area contributed by atoms with Crippen LogP contribution in [0.3, 0.4) is 0 Å². The number of thioether (sulfide) groups is 1. The van der Waals surface area contributed by atoms with Gasteiger partial charge in [0.25, 0.3) is 0 Å². The smallest absolute Gasteiger partial charge is 0.208 e. The predicted molar refractivity (Wildman–Crippen MR) is 81.7 cm³/mol. The summed E-state index contributed by atoms with van der Waals surface area (Å²) in [5, 5.41) is 3.31. The maximum atomic E-state index is 5.82. The van der Waals surface area contributed by atoms with Gasteiger partial charge in [-0.25, -0.2) is 4.98 Å². The zero-order chi connectivity index (χ0) is 13.1. The van der Waals surface area contributed by atoms with E-state index in [1.54, 1.807) is 0 Å². The molecule has 0 fully saturated rings. The van der Waals surface area contributed by atoms with E-state index in [9.17, 15) is 0 Å². The predicted octanol–water partition coefficient (Wildman–Crippen LogP) is 3.69. The highest BCUT2D eigenvalue weighted by Gasteiger charge is 2.16. The Balaban J connectivity index is 1.73. The number of hydrogen-bond donors (Lipinski definition) is 1. The number of nitrogens with zero attached hydrogens (tertiary/aromatic N) is 1. The zero-order valence-corrected chi connectivity index (χ0v) is 12.7. The third-order valence-corrected chi connectivity index (χ3v) is 5.39. The van der Waals surface area contributed by atoms with E-state index >= 15 is 0 Å². The first-order chi connectivity index (χ1) is 9.36. The van der Waals surface area contributed by atoms with Gasteiger partial charge in [-0.3, -0.25) is 0 Å². The molecule has 0 bridgehead atoms. The average Bonchev–Trinajstić information content (AvgIpc) is 3.04. The van der Waals surface area contributed by atoms with Gasteiger partial charge in [0.15, 0.2) is 5.76 Å². The molecular formula is C14H18N2OS2. The molecule has 1 aliphatic heterocycles. The number of nitrogens with one attached hydrogen (secondary N) is 1. The zero-order valence-electron chi connectivity index (χ0n) is 11.1. The van der Waals surface area contributed by atoms with Crippen molar-refractivity contribution in [1.82, 2.24) is 10.3 Å². The lowest BCUT2D eigenvalue weighted by Gasteiger charge is -2.08. The van der Waals surface area contributed by atoms with Crippen LogP contribution in [0.5, 0.6) is 0 Å². The number of aromatic nitrogens is 1. The Morgan fingerprint density at radius 2 is 2.42 bits per heavy atom. The van der Waals surface area contributed by atoms with Gasteiger partial charge in [-0.15, -0.1) is 11.3 Å². The summed E-state index contributed by atoms with van der Waals surface area (Å²) in [6.45, 7) is 3.87. The molecule has 0 spiro atoms. The molecule has 19 heavy (non-hydrogen) atoms. The molecule has 3 nitrogen and oxygen atoms in total. The Hall–Kier alpha value is -0.780. The van der Waals surface area contributed by atoms with Crippen molar-refractivity contribution in [2.45, 2.75) is 32.1 Å². The van der Waals surface area contributed by atoms with Crippen molar-refractivity contribution in [3.8, 4) is 10.6 Å². The molecule has 0 radical (unpaired) electrons. The number of aryl methyl sites for hydroxylation is 1. The fourth-order valence-corrected chi connectivity index (χ4v) is 4.47. The summed E-state index contributed by atoms with van der Waals surface area (Å²) in [4.78, 5) is 7.09. The Bertz CT molecular complexity index is 524. The maximum Gasteiger partial charge on any atom is 0.208 e. The number of oxazole rings is 1. The van der Waals surface area contributed by atoms with Crippen molar-refractivity contribution < 1.29 is 4.42 Å². The highest BCUT2D eigenvalue weighted by Crippen LogP contribution is 2.37. The molecule has 1 N–H and O–H groups in total. The lowest BCUT2D eigenvalue weighted by molar-refractivity contribution is 0.478. The summed E-state index contributed by atoms with van der Waals surface area (Å²) in [6, 6.07) is 2.27. The van der Waals surface area contributed by atoms with Crippen LogP contribution in [0.1, 0.15) is 29.7 Å². The number of hydrogen-bond acceptors (Lipinski definition) is 5. The maximum absolute atomic E-state index is 5.82. The molecule has 0 saturated carbocycles. The van der Waals surface area contributed by atoms with Crippen LogP contribution in [0.2, 0.25) is 0 Å². The summed E-state index contributed by atoms with van der Waals surface area (Å²) < 4.78 is 5.82. The van der Waals surface area contributed by atoms with Crippen molar-refractivity contribution in [2.24, 2.45) is 0 Å². The monoisotopic (exact) mass is 294 g/mol. The quantitative estimate of drug-likeness (QED) is 0.854. The third-order valence-electron chi connectivity index (χ3n) is 3.13. The summed E-state index contributed by atoms with van der Waals surface area (Å²) in [5.74, 6) is 4.09. The first-order valence-corrected chi connectivity index (χ1v) is 8.69. The van der Waals surface area contributed by atoms with Crippen LogP contribution in [-0.2, 0) is 18.7 Å². The highest BCUT2D eigenvalue weighted by molar-refractivity contribution is 7.98. The van der Waals surface area contributed by atoms with Gasteiger partial charge in [-0.1, -0.05) is 6.92 Å². The Morgan fingerprint density at radius 1 is 1.47 bits per heavy atom. The second-order valence-corrected chi connectivity index (χ2v) is 6.90. The topological polar surface area (TPSA) is 38.1 Å². The van der Waals surface area contributed by atoms with Crippen molar-refractivity contribution in [2.75, 3.05) is 12.3 Å². The number of fused-ring (bicyclic) bond motifs is 1. The van der Waals surface area contributed by atoms with Crippen molar-refractivity contribution >= 4 is 23.1 Å². The molecule has 0 saturated heterocycles. The van der Waals surface area contributed by atoms with Gasteiger partial charge >= 0.3 is 0 Å². The average molecular weight is 294 g/mol. The fourth-order valence-electron chi connectivity index (χ4n) is 2.15. The van der Waals surface area contributed by atoms with Crippen LogP contribution in [0.4, 0.5) is 0 Å². The minimum atomic E-state index is 0.717. The molecule has 0 unspecified atom stereocenters. The first-order valence-electron chi connectivity index (χ1n) is 6.72. The molecule has 2 aromatic rings. The molecule has 5 heteroatoms. The third kappa shape index (κ3) is 3.04. The Labute approximate surface area is 121 Å². The molecule has 1 aliphatic rings. The summed E-state index contributed by atoms with van der Waals surface area (Å²) >= 11 is 3.88. The summed E-state index contributed by atoms with van der Waals surface area (Å²) in [7, 11) is 0. The normalized spacial score (nSPS) is 14.6. The second kappa shape index (κ2) is 6.11. The van der Waals surface area contributed by atoms with Crippen LogP contribution in [-0.4, -0.2) is 17.3 Å². The van der Waals surface area contributed by atoms with E-state index in [4.69, 9.17) is 4.42 Å². The van der Waals surface area contributed by atoms with Crippen LogP contribution < -0.4 is 5.32 Å². The van der Waals surface area contributed by atoms with Crippen molar-refractivity contribution in [3.63, 3.8) is 0 Å². The highest BCUT2D eigenvalue weighted by atomic mass is 32.2. The molecular weight excluding hydrogens is 276 g/mol. The fraction of sp³-hybridized carbons (Fsp3) is 0.500. The van der Waals surface area contributed by atoms with Crippen LogP contribution >= 0.6 is 23.1 Å². The molecule has 0 amide bonds. The molecule has 0 atom stereocenters. The van der Waals surface area contributed by atoms with E-state index in [0.29, 0.717) is 0 Å². The van der Waals surface area contributed by atoms with Crippen molar-refractivity contribution in [1.29, 1.82) is 0 Å². The largest absolute Gasteiger partial charge is 0.438 e. The van der Waals surface area contributed by atoms with E-state index in [1.807, 2.05) is 29.3 Å². The van der Waals surface area contributed by atoms with Crippen LogP contribution in [0, 0.1) is 0 Å². The minimum Gasteiger partial charge on any atom is -0.438 e. The van der Waals surface area contributed by atoms with E-state index in [2.05, 4.69) is 23.3 Å². The molecule has 3 heterocycles.